The van der Waals surface area contributed by atoms with Crippen LogP contribution in [0.3, 0.4) is 0 Å². The van der Waals surface area contributed by atoms with Crippen LogP contribution in [0.4, 0.5) is 0 Å². The minimum Gasteiger partial charge on any atom is -0.391 e. The zero-order valence-electron chi connectivity index (χ0n) is 12.6. The van der Waals surface area contributed by atoms with Gasteiger partial charge in [0.2, 0.25) is 0 Å². The van der Waals surface area contributed by atoms with E-state index in [1.807, 2.05) is 26.0 Å². The Kier molecular flexibility index (Phi) is 5.57. The number of aromatic nitrogens is 2. The van der Waals surface area contributed by atoms with E-state index in [4.69, 9.17) is 11.6 Å². The summed E-state index contributed by atoms with van der Waals surface area (Å²) in [5.41, 5.74) is 1.83. The molecule has 0 saturated heterocycles. The Balaban J connectivity index is 2.07. The number of aliphatic hydroxyl groups excluding tert-OH is 1. The summed E-state index contributed by atoms with van der Waals surface area (Å²) in [6.07, 6.45) is 1.57. The molecule has 1 heterocycles. The molecule has 2 aromatic rings. The lowest BCUT2D eigenvalue weighted by Crippen LogP contribution is -2.32. The van der Waals surface area contributed by atoms with Crippen molar-refractivity contribution in [1.29, 1.82) is 0 Å². The molecule has 5 nitrogen and oxygen atoms in total. The van der Waals surface area contributed by atoms with Gasteiger partial charge in [0.25, 0.3) is 5.91 Å². The van der Waals surface area contributed by atoms with Crippen molar-refractivity contribution in [3.63, 3.8) is 0 Å². The molecule has 22 heavy (non-hydrogen) atoms. The van der Waals surface area contributed by atoms with Gasteiger partial charge in [-0.25, -0.2) is 0 Å². The zero-order chi connectivity index (χ0) is 16.1. The maximum absolute atomic E-state index is 12.3. The smallest absolute Gasteiger partial charge is 0.255 e. The number of nitrogens with one attached hydrogen (secondary N) is 2. The first-order valence-corrected chi connectivity index (χ1v) is 7.60. The molecule has 118 valence electrons. The molecule has 0 aliphatic carbocycles. The fraction of sp³-hybridized carbons (Fsp3) is 0.375. The van der Waals surface area contributed by atoms with Gasteiger partial charge in [-0.15, -0.1) is 0 Å². The Morgan fingerprint density at radius 2 is 2.23 bits per heavy atom. The van der Waals surface area contributed by atoms with Crippen molar-refractivity contribution < 1.29 is 9.90 Å². The molecule has 1 amide bonds. The highest BCUT2D eigenvalue weighted by Gasteiger charge is 2.16. The molecule has 6 heteroatoms. The van der Waals surface area contributed by atoms with E-state index in [2.05, 4.69) is 15.5 Å². The van der Waals surface area contributed by atoms with Gasteiger partial charge in [-0.05, 0) is 24.5 Å². The molecule has 0 radical (unpaired) electrons. The number of H-pyrrole nitrogens is 1. The lowest BCUT2D eigenvalue weighted by atomic mass is 10.1. The Hall–Kier alpha value is -1.85. The van der Waals surface area contributed by atoms with E-state index in [1.165, 1.54) is 6.20 Å². The number of aromatic amines is 1. The van der Waals surface area contributed by atoms with E-state index in [1.54, 1.807) is 12.1 Å². The SMILES string of the molecule is CC(C)CC(O)CNC(=O)c1cn[nH]c1-c1cccc(Cl)c1. The minimum absolute atomic E-state index is 0.219. The van der Waals surface area contributed by atoms with Gasteiger partial charge in [0.15, 0.2) is 0 Å². The number of rotatable bonds is 6. The van der Waals surface area contributed by atoms with Crippen LogP contribution in [0.2, 0.25) is 5.02 Å². The number of aliphatic hydroxyl groups is 1. The van der Waals surface area contributed by atoms with E-state index >= 15 is 0 Å². The van der Waals surface area contributed by atoms with Crippen molar-refractivity contribution in [2.24, 2.45) is 5.92 Å². The van der Waals surface area contributed by atoms with E-state index in [-0.39, 0.29) is 12.5 Å². The molecule has 3 N–H and O–H groups in total. The van der Waals surface area contributed by atoms with Gasteiger partial charge in [0, 0.05) is 17.1 Å². The zero-order valence-corrected chi connectivity index (χ0v) is 13.4. The van der Waals surface area contributed by atoms with Crippen molar-refractivity contribution in [1.82, 2.24) is 15.5 Å². The standard InChI is InChI=1S/C16H20ClN3O2/c1-10(2)6-13(21)8-18-16(22)14-9-19-20-15(14)11-4-3-5-12(17)7-11/h3-5,7,9-10,13,21H,6,8H2,1-2H3,(H,18,22)(H,19,20). The molecule has 0 bridgehead atoms. The van der Waals surface area contributed by atoms with E-state index in [0.29, 0.717) is 28.6 Å². The van der Waals surface area contributed by atoms with Crippen molar-refractivity contribution >= 4 is 17.5 Å². The van der Waals surface area contributed by atoms with E-state index in [0.717, 1.165) is 5.56 Å². The molecule has 0 fully saturated rings. The third-order valence-electron chi connectivity index (χ3n) is 3.24. The summed E-state index contributed by atoms with van der Waals surface area (Å²) in [7, 11) is 0. The van der Waals surface area contributed by atoms with Gasteiger partial charge >= 0.3 is 0 Å². The maximum Gasteiger partial charge on any atom is 0.255 e. The topological polar surface area (TPSA) is 78.0 Å². The van der Waals surface area contributed by atoms with E-state index < -0.39 is 6.10 Å². The Labute approximate surface area is 134 Å². The number of hydrogen-bond acceptors (Lipinski definition) is 3. The van der Waals surface area contributed by atoms with Crippen LogP contribution in [0.1, 0.15) is 30.6 Å². The molecule has 0 aliphatic heterocycles. The number of halogens is 1. The van der Waals surface area contributed by atoms with E-state index in [9.17, 15) is 9.90 Å². The molecular weight excluding hydrogens is 302 g/mol. The van der Waals surface area contributed by atoms with Gasteiger partial charge in [-0.1, -0.05) is 37.6 Å². The molecular formula is C16H20ClN3O2. The van der Waals surface area contributed by atoms with Crippen LogP contribution in [0.25, 0.3) is 11.3 Å². The second-order valence-corrected chi connectivity index (χ2v) is 6.10. The quantitative estimate of drug-likeness (QED) is 0.765. The normalized spacial score (nSPS) is 12.4. The molecule has 1 unspecified atom stereocenters. The summed E-state index contributed by atoms with van der Waals surface area (Å²) in [6.45, 7) is 4.27. The predicted molar refractivity (Wildman–Crippen MR) is 86.8 cm³/mol. The summed E-state index contributed by atoms with van der Waals surface area (Å²) in [5.74, 6) is 0.106. The van der Waals surface area contributed by atoms with Crippen LogP contribution in [-0.2, 0) is 0 Å². The lowest BCUT2D eigenvalue weighted by molar-refractivity contribution is 0.0901. The highest BCUT2D eigenvalue weighted by atomic mass is 35.5. The molecule has 0 aliphatic rings. The number of carbonyl (C=O) groups excluding carboxylic acids is 1. The molecule has 1 aromatic heterocycles. The van der Waals surface area contributed by atoms with Gasteiger partial charge in [0.1, 0.15) is 0 Å². The summed E-state index contributed by atoms with van der Waals surface area (Å²) in [4.78, 5) is 12.3. The Morgan fingerprint density at radius 3 is 2.91 bits per heavy atom. The maximum atomic E-state index is 12.3. The van der Waals surface area contributed by atoms with Gasteiger partial charge < -0.3 is 10.4 Å². The fourth-order valence-electron chi connectivity index (χ4n) is 2.26. The van der Waals surface area contributed by atoms with Crippen LogP contribution in [0, 0.1) is 5.92 Å². The molecule has 1 atom stereocenters. The second kappa shape index (κ2) is 7.42. The number of carbonyl (C=O) groups is 1. The van der Waals surface area contributed by atoms with Crippen LogP contribution < -0.4 is 5.32 Å². The molecule has 2 rings (SSSR count). The number of nitrogens with zero attached hydrogens (tertiary/aromatic N) is 1. The summed E-state index contributed by atoms with van der Waals surface area (Å²) in [6, 6.07) is 7.19. The monoisotopic (exact) mass is 321 g/mol. The molecule has 1 aromatic carbocycles. The first-order valence-electron chi connectivity index (χ1n) is 7.23. The Morgan fingerprint density at radius 1 is 1.45 bits per heavy atom. The van der Waals surface area contributed by atoms with Crippen LogP contribution in [0.5, 0.6) is 0 Å². The van der Waals surface area contributed by atoms with Crippen molar-refractivity contribution in [3.8, 4) is 11.3 Å². The largest absolute Gasteiger partial charge is 0.391 e. The van der Waals surface area contributed by atoms with Crippen LogP contribution in [-0.4, -0.2) is 33.9 Å². The third-order valence-corrected chi connectivity index (χ3v) is 3.47. The third kappa shape index (κ3) is 4.32. The highest BCUT2D eigenvalue weighted by molar-refractivity contribution is 6.30. The first kappa shape index (κ1) is 16.5. The molecule has 0 saturated carbocycles. The number of benzene rings is 1. The van der Waals surface area contributed by atoms with Crippen molar-refractivity contribution in [3.05, 3.63) is 41.0 Å². The Bertz CT molecular complexity index is 640. The average molecular weight is 322 g/mol. The van der Waals surface area contributed by atoms with Crippen LogP contribution >= 0.6 is 11.6 Å². The number of hydrogen-bond donors (Lipinski definition) is 3. The van der Waals surface area contributed by atoms with Crippen molar-refractivity contribution in [2.75, 3.05) is 6.54 Å². The average Bonchev–Trinajstić information content (AvgIpc) is 2.93. The van der Waals surface area contributed by atoms with Gasteiger partial charge in [0.05, 0.1) is 23.6 Å². The predicted octanol–water partition coefficient (Wildman–Crippen LogP) is 2.87. The van der Waals surface area contributed by atoms with Crippen molar-refractivity contribution in [2.45, 2.75) is 26.4 Å². The summed E-state index contributed by atoms with van der Waals surface area (Å²) >= 11 is 5.98. The summed E-state index contributed by atoms with van der Waals surface area (Å²) in [5, 5.41) is 19.9. The number of amides is 1. The fourth-order valence-corrected chi connectivity index (χ4v) is 2.45. The highest BCUT2D eigenvalue weighted by Crippen LogP contribution is 2.23. The lowest BCUT2D eigenvalue weighted by Gasteiger charge is -2.13. The minimum atomic E-state index is -0.550. The van der Waals surface area contributed by atoms with Gasteiger partial charge in [-0.3, -0.25) is 9.89 Å². The second-order valence-electron chi connectivity index (χ2n) is 5.66. The first-order chi connectivity index (χ1) is 10.5. The molecule has 0 spiro atoms. The van der Waals surface area contributed by atoms with Crippen LogP contribution in [0.15, 0.2) is 30.5 Å². The van der Waals surface area contributed by atoms with Gasteiger partial charge in [-0.2, -0.15) is 5.10 Å². The summed E-state index contributed by atoms with van der Waals surface area (Å²) < 4.78 is 0.